The van der Waals surface area contributed by atoms with Crippen molar-refractivity contribution in [2.45, 2.75) is 26.3 Å². The molecule has 0 saturated carbocycles. The van der Waals surface area contributed by atoms with Crippen molar-refractivity contribution >= 4 is 23.2 Å². The largest absolute Gasteiger partial charge is 0.243 e. The Bertz CT molecular complexity index is 261. The smallest absolute Gasteiger partial charge is 0.230 e. The van der Waals surface area contributed by atoms with Gasteiger partial charge in [0.25, 0.3) is 0 Å². The molecule has 1 aromatic rings. The lowest BCUT2D eigenvalue weighted by Crippen LogP contribution is -2.23. The summed E-state index contributed by atoms with van der Waals surface area (Å²) in [5, 5.41) is 4.43. The molecule has 0 amide bonds. The van der Waals surface area contributed by atoms with Crippen LogP contribution in [-0.2, 0) is 5.54 Å². The molecule has 0 aliphatic rings. The minimum Gasteiger partial charge on any atom is -0.230 e. The van der Waals surface area contributed by atoms with Gasteiger partial charge in [0.2, 0.25) is 10.6 Å². The molecule has 1 rings (SSSR count). The standard InChI is InChI=1S/C6H9Cl2N3/c1-6(2,3)11-5(8)9-4(7)10-11/h1-3H3. The predicted octanol–water partition coefficient (Wildman–Crippen LogP) is 2.34. The minimum absolute atomic E-state index is 0.169. The first-order valence-electron chi connectivity index (χ1n) is 3.20. The molecule has 0 bridgehead atoms. The van der Waals surface area contributed by atoms with Crippen molar-refractivity contribution in [1.29, 1.82) is 0 Å². The van der Waals surface area contributed by atoms with Crippen molar-refractivity contribution in [2.24, 2.45) is 0 Å². The average Bonchev–Trinajstić information content (AvgIpc) is 2.08. The number of nitrogens with zero attached hydrogens (tertiary/aromatic N) is 3. The van der Waals surface area contributed by atoms with Gasteiger partial charge in [0.15, 0.2) is 0 Å². The molecule has 0 saturated heterocycles. The Hall–Kier alpha value is -0.280. The summed E-state index contributed by atoms with van der Waals surface area (Å²) in [4.78, 5) is 3.76. The molecule has 0 unspecified atom stereocenters. The van der Waals surface area contributed by atoms with Gasteiger partial charge in [-0.3, -0.25) is 0 Å². The van der Waals surface area contributed by atoms with Crippen molar-refractivity contribution in [3.63, 3.8) is 0 Å². The molecule has 0 aromatic carbocycles. The van der Waals surface area contributed by atoms with Crippen LogP contribution in [0.5, 0.6) is 0 Å². The lowest BCUT2D eigenvalue weighted by atomic mass is 10.1. The van der Waals surface area contributed by atoms with Crippen molar-refractivity contribution in [3.8, 4) is 0 Å². The Morgan fingerprint density at radius 2 is 1.82 bits per heavy atom. The summed E-state index contributed by atoms with van der Waals surface area (Å²) >= 11 is 11.3. The lowest BCUT2D eigenvalue weighted by Gasteiger charge is -2.18. The molecule has 1 aromatic heterocycles. The molecule has 0 fully saturated rings. The van der Waals surface area contributed by atoms with Crippen LogP contribution in [0.15, 0.2) is 0 Å². The van der Waals surface area contributed by atoms with Gasteiger partial charge >= 0.3 is 0 Å². The summed E-state index contributed by atoms with van der Waals surface area (Å²) in [6.07, 6.45) is 0. The highest BCUT2D eigenvalue weighted by Crippen LogP contribution is 2.19. The van der Waals surface area contributed by atoms with E-state index in [1.165, 1.54) is 0 Å². The van der Waals surface area contributed by atoms with Crippen LogP contribution in [0.25, 0.3) is 0 Å². The second-order valence-electron chi connectivity index (χ2n) is 3.23. The quantitative estimate of drug-likeness (QED) is 0.634. The zero-order chi connectivity index (χ0) is 8.65. The van der Waals surface area contributed by atoms with E-state index < -0.39 is 0 Å². The molecule has 0 aliphatic carbocycles. The monoisotopic (exact) mass is 193 g/mol. The van der Waals surface area contributed by atoms with Gasteiger partial charge in [-0.15, -0.1) is 5.10 Å². The van der Waals surface area contributed by atoms with Crippen LogP contribution in [0.1, 0.15) is 20.8 Å². The number of aromatic nitrogens is 3. The molecule has 0 aliphatic heterocycles. The average molecular weight is 194 g/mol. The van der Waals surface area contributed by atoms with E-state index in [1.807, 2.05) is 20.8 Å². The molecule has 0 N–H and O–H groups in total. The Kier molecular flexibility index (Phi) is 2.12. The lowest BCUT2D eigenvalue weighted by molar-refractivity contribution is 0.355. The first-order chi connectivity index (χ1) is 4.91. The SMILES string of the molecule is CC(C)(C)n1nc(Cl)nc1Cl. The first-order valence-corrected chi connectivity index (χ1v) is 3.95. The van der Waals surface area contributed by atoms with Crippen molar-refractivity contribution in [1.82, 2.24) is 14.8 Å². The molecule has 62 valence electrons. The highest BCUT2D eigenvalue weighted by Gasteiger charge is 2.18. The van der Waals surface area contributed by atoms with E-state index in [4.69, 9.17) is 23.2 Å². The third-order valence-corrected chi connectivity index (χ3v) is 1.58. The fourth-order valence-electron chi connectivity index (χ4n) is 0.696. The van der Waals surface area contributed by atoms with E-state index in [0.29, 0.717) is 5.28 Å². The molecule has 3 nitrogen and oxygen atoms in total. The maximum Gasteiger partial charge on any atom is 0.243 e. The van der Waals surface area contributed by atoms with Crippen LogP contribution in [0, 0.1) is 0 Å². The first kappa shape index (κ1) is 8.81. The van der Waals surface area contributed by atoms with Gasteiger partial charge in [-0.2, -0.15) is 4.98 Å². The highest BCUT2D eigenvalue weighted by atomic mass is 35.5. The maximum atomic E-state index is 5.73. The molecular weight excluding hydrogens is 185 g/mol. The van der Waals surface area contributed by atoms with E-state index in [1.54, 1.807) is 4.68 Å². The molecule has 0 spiro atoms. The fourth-order valence-corrected chi connectivity index (χ4v) is 1.27. The summed E-state index contributed by atoms with van der Waals surface area (Å²) in [6.45, 7) is 5.93. The third kappa shape index (κ3) is 1.84. The van der Waals surface area contributed by atoms with Gasteiger partial charge in [-0.1, -0.05) is 0 Å². The molecule has 0 radical (unpaired) electrons. The normalized spacial score (nSPS) is 12.1. The maximum absolute atomic E-state index is 5.73. The topological polar surface area (TPSA) is 30.7 Å². The van der Waals surface area contributed by atoms with E-state index in [9.17, 15) is 0 Å². The summed E-state index contributed by atoms with van der Waals surface area (Å²) in [5.41, 5.74) is -0.169. The fraction of sp³-hybridized carbons (Fsp3) is 0.667. The van der Waals surface area contributed by atoms with Crippen LogP contribution >= 0.6 is 23.2 Å². The number of hydrogen-bond acceptors (Lipinski definition) is 2. The van der Waals surface area contributed by atoms with Gasteiger partial charge < -0.3 is 0 Å². The van der Waals surface area contributed by atoms with Crippen LogP contribution in [0.2, 0.25) is 10.6 Å². The van der Waals surface area contributed by atoms with Crippen molar-refractivity contribution in [3.05, 3.63) is 10.6 Å². The molecular formula is C6H9Cl2N3. The third-order valence-electron chi connectivity index (χ3n) is 1.18. The Morgan fingerprint density at radius 1 is 1.27 bits per heavy atom. The second kappa shape index (κ2) is 2.64. The van der Waals surface area contributed by atoms with E-state index in [0.717, 1.165) is 0 Å². The Labute approximate surface area is 75.3 Å². The van der Waals surface area contributed by atoms with Crippen LogP contribution in [0.4, 0.5) is 0 Å². The predicted molar refractivity (Wildman–Crippen MR) is 45.0 cm³/mol. The number of rotatable bonds is 0. The molecule has 1 heterocycles. The van der Waals surface area contributed by atoms with Crippen LogP contribution in [0.3, 0.4) is 0 Å². The summed E-state index contributed by atoms with van der Waals surface area (Å²) in [7, 11) is 0. The van der Waals surface area contributed by atoms with E-state index in [2.05, 4.69) is 10.1 Å². The zero-order valence-corrected chi connectivity index (χ0v) is 8.11. The second-order valence-corrected chi connectivity index (χ2v) is 3.91. The number of halogens is 2. The van der Waals surface area contributed by atoms with Gasteiger partial charge in [0.05, 0.1) is 5.54 Å². The summed E-state index contributed by atoms with van der Waals surface area (Å²) < 4.78 is 1.58. The summed E-state index contributed by atoms with van der Waals surface area (Å²) in [6, 6.07) is 0. The minimum atomic E-state index is -0.169. The zero-order valence-electron chi connectivity index (χ0n) is 6.60. The highest BCUT2D eigenvalue weighted by molar-refractivity contribution is 6.31. The van der Waals surface area contributed by atoms with Crippen LogP contribution < -0.4 is 0 Å². The Morgan fingerprint density at radius 3 is 2.00 bits per heavy atom. The van der Waals surface area contributed by atoms with Crippen molar-refractivity contribution in [2.75, 3.05) is 0 Å². The van der Waals surface area contributed by atoms with Crippen LogP contribution in [-0.4, -0.2) is 14.8 Å². The Balaban J connectivity index is 3.13. The summed E-state index contributed by atoms with van der Waals surface area (Å²) in [5.74, 6) is 0. The molecule has 11 heavy (non-hydrogen) atoms. The van der Waals surface area contributed by atoms with Gasteiger partial charge in [0.1, 0.15) is 0 Å². The van der Waals surface area contributed by atoms with E-state index in [-0.39, 0.29) is 10.8 Å². The van der Waals surface area contributed by atoms with Crippen molar-refractivity contribution < 1.29 is 0 Å². The molecule has 5 heteroatoms. The van der Waals surface area contributed by atoms with Gasteiger partial charge in [-0.05, 0) is 44.0 Å². The van der Waals surface area contributed by atoms with Gasteiger partial charge in [-0.25, -0.2) is 4.68 Å². The molecule has 0 atom stereocenters. The van der Waals surface area contributed by atoms with E-state index >= 15 is 0 Å². The van der Waals surface area contributed by atoms with Gasteiger partial charge in [0, 0.05) is 0 Å². The number of hydrogen-bond donors (Lipinski definition) is 0.